The van der Waals surface area contributed by atoms with E-state index in [-0.39, 0.29) is 11.6 Å². The SMILES string of the molecule is CN(Cc1ccc(F)cc1)c1cc(N)cc(F)c1. The summed E-state index contributed by atoms with van der Waals surface area (Å²) < 4.78 is 26.0. The molecule has 18 heavy (non-hydrogen) atoms. The van der Waals surface area contributed by atoms with E-state index in [4.69, 9.17) is 5.73 Å². The first-order valence-electron chi connectivity index (χ1n) is 5.56. The van der Waals surface area contributed by atoms with E-state index in [9.17, 15) is 8.78 Å². The van der Waals surface area contributed by atoms with Gasteiger partial charge in [0.15, 0.2) is 0 Å². The number of hydrogen-bond acceptors (Lipinski definition) is 2. The highest BCUT2D eigenvalue weighted by molar-refractivity contribution is 5.56. The second-order valence-electron chi connectivity index (χ2n) is 4.23. The summed E-state index contributed by atoms with van der Waals surface area (Å²) >= 11 is 0. The molecule has 0 bridgehead atoms. The fraction of sp³-hybridized carbons (Fsp3) is 0.143. The summed E-state index contributed by atoms with van der Waals surface area (Å²) in [5.74, 6) is -0.632. The molecule has 0 atom stereocenters. The van der Waals surface area contributed by atoms with Crippen LogP contribution < -0.4 is 10.6 Å². The van der Waals surface area contributed by atoms with Crippen molar-refractivity contribution in [2.24, 2.45) is 0 Å². The van der Waals surface area contributed by atoms with Gasteiger partial charge in [-0.15, -0.1) is 0 Å². The molecule has 0 saturated carbocycles. The summed E-state index contributed by atoms with van der Waals surface area (Å²) in [6.45, 7) is 0.559. The van der Waals surface area contributed by atoms with E-state index in [0.29, 0.717) is 17.9 Å². The molecule has 2 N–H and O–H groups in total. The van der Waals surface area contributed by atoms with Gasteiger partial charge >= 0.3 is 0 Å². The molecule has 0 aromatic heterocycles. The predicted octanol–water partition coefficient (Wildman–Crippen LogP) is 3.18. The molecule has 2 aromatic carbocycles. The molecule has 0 heterocycles. The third kappa shape index (κ3) is 2.97. The van der Waals surface area contributed by atoms with Crippen LogP contribution in [0.2, 0.25) is 0 Å². The van der Waals surface area contributed by atoms with Gasteiger partial charge in [-0.05, 0) is 35.9 Å². The minimum Gasteiger partial charge on any atom is -0.399 e. The van der Waals surface area contributed by atoms with E-state index in [1.54, 1.807) is 18.2 Å². The Labute approximate surface area is 105 Å². The van der Waals surface area contributed by atoms with Crippen LogP contribution in [-0.4, -0.2) is 7.05 Å². The molecular weight excluding hydrogens is 234 g/mol. The van der Waals surface area contributed by atoms with Crippen LogP contribution in [0.1, 0.15) is 5.56 Å². The van der Waals surface area contributed by atoms with Gasteiger partial charge in [0.05, 0.1) is 0 Å². The molecule has 0 aliphatic carbocycles. The van der Waals surface area contributed by atoms with Gasteiger partial charge in [0, 0.05) is 25.0 Å². The second-order valence-corrected chi connectivity index (χ2v) is 4.23. The Morgan fingerprint density at radius 1 is 1.00 bits per heavy atom. The molecule has 2 rings (SSSR count). The highest BCUT2D eigenvalue weighted by Gasteiger charge is 2.05. The summed E-state index contributed by atoms with van der Waals surface area (Å²) in [6, 6.07) is 10.6. The largest absolute Gasteiger partial charge is 0.399 e. The molecule has 0 fully saturated rings. The van der Waals surface area contributed by atoms with Gasteiger partial charge in [-0.2, -0.15) is 0 Å². The molecule has 0 spiro atoms. The van der Waals surface area contributed by atoms with E-state index in [2.05, 4.69) is 0 Å². The van der Waals surface area contributed by atoms with Crippen molar-refractivity contribution in [1.82, 2.24) is 0 Å². The first kappa shape index (κ1) is 12.4. The average molecular weight is 248 g/mol. The lowest BCUT2D eigenvalue weighted by molar-refractivity contribution is 0.626. The summed E-state index contributed by atoms with van der Waals surface area (Å²) in [7, 11) is 1.83. The third-order valence-corrected chi connectivity index (χ3v) is 2.68. The smallest absolute Gasteiger partial charge is 0.127 e. The van der Waals surface area contributed by atoms with Gasteiger partial charge < -0.3 is 10.6 Å². The zero-order chi connectivity index (χ0) is 13.1. The normalized spacial score (nSPS) is 10.4. The second kappa shape index (κ2) is 5.04. The summed E-state index contributed by atoms with van der Waals surface area (Å²) in [5.41, 5.74) is 7.62. The van der Waals surface area contributed by atoms with E-state index in [0.717, 1.165) is 5.56 Å². The Balaban J connectivity index is 2.16. The van der Waals surface area contributed by atoms with Crippen molar-refractivity contribution in [3.05, 3.63) is 59.7 Å². The molecule has 0 saturated heterocycles. The zero-order valence-corrected chi connectivity index (χ0v) is 10.0. The minimum absolute atomic E-state index is 0.267. The molecule has 4 heteroatoms. The predicted molar refractivity (Wildman–Crippen MR) is 69.3 cm³/mol. The van der Waals surface area contributed by atoms with Crippen LogP contribution in [0.5, 0.6) is 0 Å². The number of nitrogens with two attached hydrogens (primary N) is 1. The van der Waals surface area contributed by atoms with E-state index in [1.165, 1.54) is 24.3 Å². The van der Waals surface area contributed by atoms with Crippen molar-refractivity contribution in [3.8, 4) is 0 Å². The number of hydrogen-bond donors (Lipinski definition) is 1. The maximum atomic E-state index is 13.2. The van der Waals surface area contributed by atoms with Crippen molar-refractivity contribution in [2.75, 3.05) is 17.7 Å². The average Bonchev–Trinajstić information content (AvgIpc) is 2.31. The van der Waals surface area contributed by atoms with Crippen molar-refractivity contribution < 1.29 is 8.78 Å². The number of nitrogens with zero attached hydrogens (tertiary/aromatic N) is 1. The van der Waals surface area contributed by atoms with Crippen molar-refractivity contribution >= 4 is 11.4 Å². The summed E-state index contributed by atoms with van der Waals surface area (Å²) in [5, 5.41) is 0. The maximum Gasteiger partial charge on any atom is 0.127 e. The molecule has 0 amide bonds. The molecule has 2 aromatic rings. The van der Waals surface area contributed by atoms with Gasteiger partial charge in [0.25, 0.3) is 0 Å². The summed E-state index contributed by atoms with van der Waals surface area (Å²) in [6.07, 6.45) is 0. The Morgan fingerprint density at radius 2 is 1.67 bits per heavy atom. The quantitative estimate of drug-likeness (QED) is 0.845. The van der Waals surface area contributed by atoms with Crippen LogP contribution in [0.4, 0.5) is 20.2 Å². The lowest BCUT2D eigenvalue weighted by atomic mass is 10.2. The van der Waals surface area contributed by atoms with Gasteiger partial charge in [0.2, 0.25) is 0 Å². The van der Waals surface area contributed by atoms with Crippen molar-refractivity contribution in [1.29, 1.82) is 0 Å². The van der Waals surface area contributed by atoms with Crippen LogP contribution >= 0.6 is 0 Å². The van der Waals surface area contributed by atoms with E-state index in [1.807, 2.05) is 11.9 Å². The molecule has 0 aliphatic heterocycles. The number of halogens is 2. The van der Waals surface area contributed by atoms with Gasteiger partial charge in [-0.3, -0.25) is 0 Å². The highest BCUT2D eigenvalue weighted by Crippen LogP contribution is 2.20. The Hall–Kier alpha value is -2.10. The molecule has 94 valence electrons. The standard InChI is InChI=1S/C14H14F2N2/c1-18(9-10-2-4-11(15)5-3-10)14-7-12(16)6-13(17)8-14/h2-8H,9,17H2,1H3. The van der Waals surface area contributed by atoms with Crippen molar-refractivity contribution in [3.63, 3.8) is 0 Å². The van der Waals surface area contributed by atoms with E-state index >= 15 is 0 Å². The lowest BCUT2D eigenvalue weighted by Crippen LogP contribution is -2.16. The van der Waals surface area contributed by atoms with Gasteiger partial charge in [0.1, 0.15) is 11.6 Å². The van der Waals surface area contributed by atoms with Crippen molar-refractivity contribution in [2.45, 2.75) is 6.54 Å². The van der Waals surface area contributed by atoms with Gasteiger partial charge in [-0.1, -0.05) is 12.1 Å². The fourth-order valence-corrected chi connectivity index (χ4v) is 1.77. The molecular formula is C14H14F2N2. The van der Waals surface area contributed by atoms with Crippen LogP contribution in [0.15, 0.2) is 42.5 Å². The Kier molecular flexibility index (Phi) is 3.46. The first-order chi connectivity index (χ1) is 8.54. The molecule has 2 nitrogen and oxygen atoms in total. The molecule has 0 aliphatic rings. The first-order valence-corrected chi connectivity index (χ1v) is 5.56. The number of benzene rings is 2. The summed E-state index contributed by atoms with van der Waals surface area (Å²) in [4.78, 5) is 1.85. The van der Waals surface area contributed by atoms with Crippen LogP contribution in [-0.2, 0) is 6.54 Å². The van der Waals surface area contributed by atoms with Crippen LogP contribution in [0.25, 0.3) is 0 Å². The molecule has 0 unspecified atom stereocenters. The Bertz CT molecular complexity index is 518. The number of rotatable bonds is 3. The topological polar surface area (TPSA) is 29.3 Å². The van der Waals surface area contributed by atoms with Crippen LogP contribution in [0, 0.1) is 11.6 Å². The van der Waals surface area contributed by atoms with Crippen LogP contribution in [0.3, 0.4) is 0 Å². The zero-order valence-electron chi connectivity index (χ0n) is 10.0. The Morgan fingerprint density at radius 3 is 2.28 bits per heavy atom. The monoisotopic (exact) mass is 248 g/mol. The number of anilines is 2. The van der Waals surface area contributed by atoms with E-state index < -0.39 is 0 Å². The third-order valence-electron chi connectivity index (χ3n) is 2.68. The lowest BCUT2D eigenvalue weighted by Gasteiger charge is -2.20. The van der Waals surface area contributed by atoms with Gasteiger partial charge in [-0.25, -0.2) is 8.78 Å². The maximum absolute atomic E-state index is 13.2. The highest BCUT2D eigenvalue weighted by atomic mass is 19.1. The number of nitrogen functional groups attached to an aromatic ring is 1. The minimum atomic E-state index is -0.365. The molecule has 0 radical (unpaired) electrons. The fourth-order valence-electron chi connectivity index (χ4n) is 1.77.